The highest BCUT2D eigenvalue weighted by atomic mass is 16.6. The highest BCUT2D eigenvalue weighted by Gasteiger charge is 2.45. The molecule has 0 bridgehead atoms. The van der Waals surface area contributed by atoms with Gasteiger partial charge in [-0.1, -0.05) is 95.3 Å². The Hall–Kier alpha value is -3.76. The van der Waals surface area contributed by atoms with Crippen molar-refractivity contribution >= 4 is 23.9 Å². The summed E-state index contributed by atoms with van der Waals surface area (Å²) in [5.74, 6) is -5.28. The van der Waals surface area contributed by atoms with Crippen molar-refractivity contribution in [2.24, 2.45) is 23.2 Å². The molecule has 0 heterocycles. The lowest BCUT2D eigenvalue weighted by molar-refractivity contribution is -0.170. The smallest absolute Gasteiger partial charge is 0.324 e. The van der Waals surface area contributed by atoms with E-state index in [1.807, 2.05) is 71.0 Å². The van der Waals surface area contributed by atoms with E-state index < -0.39 is 41.1 Å². The lowest BCUT2D eigenvalue weighted by Gasteiger charge is -2.33. The van der Waals surface area contributed by atoms with Crippen LogP contribution in [0.25, 0.3) is 0 Å². The number of methoxy groups -OCH3 is 1. The Kier molecular flexibility index (Phi) is 15.6. The molecule has 0 spiro atoms. The van der Waals surface area contributed by atoms with E-state index in [1.54, 1.807) is 31.4 Å². The van der Waals surface area contributed by atoms with Gasteiger partial charge in [-0.25, -0.2) is 4.79 Å². The van der Waals surface area contributed by atoms with Crippen LogP contribution in [0.4, 0.5) is 4.79 Å². The summed E-state index contributed by atoms with van der Waals surface area (Å²) in [6.45, 7) is 10.5. The van der Waals surface area contributed by atoms with E-state index in [1.165, 1.54) is 0 Å². The van der Waals surface area contributed by atoms with Crippen molar-refractivity contribution < 1.29 is 38.1 Å². The SMILES string of the molecule is COCCOCCNC(=O)N(CC(C)(C)C)C(=O)[C@H](CC(C)C)C(C(=O)OCc1ccccc1)C(=O)OCc1ccccc1. The Morgan fingerprint density at radius 3 is 1.77 bits per heavy atom. The molecular weight excluding hydrogens is 564 g/mol. The third-order valence-electron chi connectivity index (χ3n) is 6.50. The van der Waals surface area contributed by atoms with E-state index in [0.29, 0.717) is 13.2 Å². The van der Waals surface area contributed by atoms with Gasteiger partial charge in [0, 0.05) is 20.2 Å². The van der Waals surface area contributed by atoms with E-state index in [-0.39, 0.29) is 45.2 Å². The molecule has 0 radical (unpaired) electrons. The van der Waals surface area contributed by atoms with Gasteiger partial charge in [-0.05, 0) is 28.9 Å². The van der Waals surface area contributed by atoms with Gasteiger partial charge in [-0.3, -0.25) is 19.3 Å². The van der Waals surface area contributed by atoms with Crippen molar-refractivity contribution in [3.8, 4) is 0 Å². The second kappa shape index (κ2) is 18.8. The molecule has 0 saturated heterocycles. The average Bonchev–Trinajstić information content (AvgIpc) is 2.99. The summed E-state index contributed by atoms with van der Waals surface area (Å²) in [5.41, 5.74) is 0.984. The molecule has 0 aliphatic rings. The Morgan fingerprint density at radius 2 is 1.32 bits per heavy atom. The largest absolute Gasteiger partial charge is 0.460 e. The monoisotopic (exact) mass is 612 g/mol. The van der Waals surface area contributed by atoms with Crippen LogP contribution >= 0.6 is 0 Å². The number of hydrogen-bond donors (Lipinski definition) is 1. The molecule has 0 saturated carbocycles. The van der Waals surface area contributed by atoms with Gasteiger partial charge in [0.05, 0.1) is 25.7 Å². The lowest BCUT2D eigenvalue weighted by Crippen LogP contribution is -2.53. The minimum atomic E-state index is -1.58. The van der Waals surface area contributed by atoms with Crippen LogP contribution in [-0.2, 0) is 46.5 Å². The van der Waals surface area contributed by atoms with Gasteiger partial charge >= 0.3 is 18.0 Å². The van der Waals surface area contributed by atoms with Crippen molar-refractivity contribution in [1.29, 1.82) is 0 Å². The zero-order valence-corrected chi connectivity index (χ0v) is 26.9. The molecule has 2 aromatic carbocycles. The third kappa shape index (κ3) is 13.3. The van der Waals surface area contributed by atoms with E-state index in [0.717, 1.165) is 16.0 Å². The molecule has 242 valence electrons. The minimum Gasteiger partial charge on any atom is -0.460 e. The molecule has 0 unspecified atom stereocenters. The first kappa shape index (κ1) is 36.4. The first-order chi connectivity index (χ1) is 20.9. The highest BCUT2D eigenvalue weighted by molar-refractivity contribution is 6.03. The molecule has 0 aliphatic carbocycles. The number of ether oxygens (including phenoxy) is 4. The number of hydrogen-bond acceptors (Lipinski definition) is 8. The number of imide groups is 1. The summed E-state index contributed by atoms with van der Waals surface area (Å²) in [4.78, 5) is 56.1. The Morgan fingerprint density at radius 1 is 0.795 bits per heavy atom. The Balaban J connectivity index is 2.37. The number of esters is 2. The van der Waals surface area contributed by atoms with Crippen LogP contribution in [0.1, 0.15) is 52.2 Å². The van der Waals surface area contributed by atoms with Gasteiger partial charge in [0.2, 0.25) is 5.91 Å². The van der Waals surface area contributed by atoms with Crippen LogP contribution < -0.4 is 5.32 Å². The van der Waals surface area contributed by atoms with Crippen LogP contribution in [0.2, 0.25) is 0 Å². The number of urea groups is 1. The van der Waals surface area contributed by atoms with E-state index in [9.17, 15) is 19.2 Å². The van der Waals surface area contributed by atoms with Gasteiger partial charge in [0.25, 0.3) is 0 Å². The maximum absolute atomic E-state index is 14.3. The van der Waals surface area contributed by atoms with Gasteiger partial charge in [-0.2, -0.15) is 0 Å². The molecule has 10 heteroatoms. The molecule has 3 amide bonds. The van der Waals surface area contributed by atoms with Gasteiger partial charge in [0.1, 0.15) is 13.2 Å². The average molecular weight is 613 g/mol. The molecule has 0 aromatic heterocycles. The van der Waals surface area contributed by atoms with Crippen molar-refractivity contribution in [1.82, 2.24) is 10.2 Å². The molecule has 1 atom stereocenters. The number of rotatable bonds is 17. The fraction of sp³-hybridized carbons (Fsp3) is 0.529. The summed E-state index contributed by atoms with van der Waals surface area (Å²) >= 11 is 0. The van der Waals surface area contributed by atoms with Crippen molar-refractivity contribution in [2.45, 2.75) is 54.3 Å². The minimum absolute atomic E-state index is 0.0572. The summed E-state index contributed by atoms with van der Waals surface area (Å²) in [5, 5.41) is 2.73. The van der Waals surface area contributed by atoms with E-state index in [2.05, 4.69) is 5.32 Å². The first-order valence-corrected chi connectivity index (χ1v) is 15.0. The number of carbonyl (C=O) groups is 4. The van der Waals surface area contributed by atoms with Crippen LogP contribution in [0.5, 0.6) is 0 Å². The zero-order valence-electron chi connectivity index (χ0n) is 26.9. The molecular formula is C34H48N2O8. The highest BCUT2D eigenvalue weighted by Crippen LogP contribution is 2.29. The fourth-order valence-electron chi connectivity index (χ4n) is 4.44. The maximum atomic E-state index is 14.3. The van der Waals surface area contributed by atoms with Crippen molar-refractivity contribution in [3.63, 3.8) is 0 Å². The zero-order chi connectivity index (χ0) is 32.5. The van der Waals surface area contributed by atoms with Crippen molar-refractivity contribution in [3.05, 3.63) is 71.8 Å². The number of benzene rings is 2. The van der Waals surface area contributed by atoms with Crippen LogP contribution in [0.3, 0.4) is 0 Å². The Bertz CT molecular complexity index is 1110. The van der Waals surface area contributed by atoms with Crippen LogP contribution in [0.15, 0.2) is 60.7 Å². The van der Waals surface area contributed by atoms with Gasteiger partial charge < -0.3 is 24.3 Å². The van der Waals surface area contributed by atoms with Crippen LogP contribution in [-0.4, -0.2) is 68.8 Å². The third-order valence-corrected chi connectivity index (χ3v) is 6.50. The summed E-state index contributed by atoms with van der Waals surface area (Å²) < 4.78 is 21.6. The second-order valence-corrected chi connectivity index (χ2v) is 12.2. The topological polar surface area (TPSA) is 120 Å². The van der Waals surface area contributed by atoms with E-state index >= 15 is 0 Å². The number of carbonyl (C=O) groups excluding carboxylic acids is 4. The quantitative estimate of drug-likeness (QED) is 0.151. The number of amides is 3. The Labute approximate surface area is 261 Å². The predicted molar refractivity (Wildman–Crippen MR) is 166 cm³/mol. The van der Waals surface area contributed by atoms with Gasteiger partial charge in [-0.15, -0.1) is 0 Å². The summed E-state index contributed by atoms with van der Waals surface area (Å²) in [6.07, 6.45) is 0.151. The number of nitrogens with one attached hydrogen (secondary N) is 1. The number of nitrogens with zero attached hydrogens (tertiary/aromatic N) is 1. The summed E-state index contributed by atoms with van der Waals surface area (Å²) in [7, 11) is 1.57. The normalized spacial score (nSPS) is 12.1. The van der Waals surface area contributed by atoms with E-state index in [4.69, 9.17) is 18.9 Å². The standard InChI is InChI=1S/C34H48N2O8/c1-25(2)21-28(30(37)36(24-34(3,4)5)33(40)35-17-18-42-20-19-41-6)29(31(38)43-22-26-13-9-7-10-14-26)32(39)44-23-27-15-11-8-12-16-27/h7-16,25,28-29H,17-24H2,1-6H3,(H,35,40)/t28-/m1/s1. The van der Waals surface area contributed by atoms with Crippen LogP contribution in [0, 0.1) is 23.2 Å². The maximum Gasteiger partial charge on any atom is 0.324 e. The lowest BCUT2D eigenvalue weighted by atomic mass is 9.83. The molecule has 2 aromatic rings. The molecule has 0 fully saturated rings. The van der Waals surface area contributed by atoms with Gasteiger partial charge in [0.15, 0.2) is 5.92 Å². The molecule has 2 rings (SSSR count). The first-order valence-electron chi connectivity index (χ1n) is 15.0. The predicted octanol–water partition coefficient (Wildman–Crippen LogP) is 5.00. The second-order valence-electron chi connectivity index (χ2n) is 12.2. The molecule has 44 heavy (non-hydrogen) atoms. The van der Waals surface area contributed by atoms with Crippen molar-refractivity contribution in [2.75, 3.05) is 40.0 Å². The molecule has 0 aliphatic heterocycles. The molecule has 10 nitrogen and oxygen atoms in total. The fourth-order valence-corrected chi connectivity index (χ4v) is 4.44. The molecule has 1 N–H and O–H groups in total. The summed E-state index contributed by atoms with van der Waals surface area (Å²) in [6, 6.07) is 17.5.